The molecule has 0 saturated carbocycles. The zero-order valence-electron chi connectivity index (χ0n) is 13.7. The number of methoxy groups -OCH3 is 1. The Labute approximate surface area is 160 Å². The Morgan fingerprint density at radius 3 is 2.50 bits per heavy atom. The van der Waals surface area contributed by atoms with Crippen molar-refractivity contribution >= 4 is 46.3 Å². The van der Waals surface area contributed by atoms with E-state index in [2.05, 4.69) is 20.6 Å². The molecule has 1 heterocycles. The first-order chi connectivity index (χ1) is 12.6. The van der Waals surface area contributed by atoms with Crippen molar-refractivity contribution in [3.05, 3.63) is 70.6 Å². The Morgan fingerprint density at radius 1 is 1.04 bits per heavy atom. The largest absolute Gasteiger partial charge is 0.495 e. The molecule has 2 N–H and O–H groups in total. The van der Waals surface area contributed by atoms with Crippen LogP contribution in [0, 0.1) is 0 Å². The van der Waals surface area contributed by atoms with Crippen molar-refractivity contribution in [3.63, 3.8) is 0 Å². The highest BCUT2D eigenvalue weighted by molar-refractivity contribution is 6.33. The monoisotopic (exact) mass is 388 g/mol. The summed E-state index contributed by atoms with van der Waals surface area (Å²) in [4.78, 5) is 20.6. The highest BCUT2D eigenvalue weighted by Crippen LogP contribution is 2.27. The zero-order chi connectivity index (χ0) is 18.5. The number of hydrogen-bond donors (Lipinski definition) is 2. The molecule has 1 aromatic heterocycles. The van der Waals surface area contributed by atoms with E-state index < -0.39 is 5.91 Å². The smallest absolute Gasteiger partial charge is 0.275 e. The fraction of sp³-hybridized carbons (Fsp3) is 0.0556. The molecule has 0 saturated heterocycles. The molecule has 0 fully saturated rings. The predicted octanol–water partition coefficient (Wildman–Crippen LogP) is 4.79. The lowest BCUT2D eigenvalue weighted by Crippen LogP contribution is -2.14. The fourth-order valence-corrected chi connectivity index (χ4v) is 2.59. The number of benzene rings is 2. The van der Waals surface area contributed by atoms with Crippen LogP contribution in [0.2, 0.25) is 10.0 Å². The van der Waals surface area contributed by atoms with E-state index in [4.69, 9.17) is 27.9 Å². The van der Waals surface area contributed by atoms with E-state index in [0.717, 1.165) is 0 Å². The molecule has 0 aliphatic rings. The number of halogens is 2. The van der Waals surface area contributed by atoms with Gasteiger partial charge in [0.15, 0.2) is 0 Å². The number of carbonyl (C=O) groups is 1. The Balaban J connectivity index is 1.69. The lowest BCUT2D eigenvalue weighted by molar-refractivity contribution is 0.102. The first-order valence-electron chi connectivity index (χ1n) is 7.55. The molecule has 0 aliphatic heterocycles. The second-order valence-electron chi connectivity index (χ2n) is 5.20. The Hall–Kier alpha value is -2.83. The number of ether oxygens (including phenoxy) is 1. The molecular formula is C18H14Cl2N4O2. The second-order valence-corrected chi connectivity index (χ2v) is 6.01. The normalized spacial score (nSPS) is 10.3. The van der Waals surface area contributed by atoms with Crippen LogP contribution in [0.5, 0.6) is 5.75 Å². The molecule has 132 valence electrons. The van der Waals surface area contributed by atoms with E-state index in [9.17, 15) is 4.79 Å². The number of nitrogens with zero attached hydrogens (tertiary/aromatic N) is 2. The molecule has 3 rings (SSSR count). The van der Waals surface area contributed by atoms with Gasteiger partial charge in [0.05, 0.1) is 35.2 Å². The molecule has 3 aromatic rings. The van der Waals surface area contributed by atoms with Crippen LogP contribution in [-0.4, -0.2) is 23.0 Å². The predicted molar refractivity (Wildman–Crippen MR) is 103 cm³/mol. The van der Waals surface area contributed by atoms with Crippen LogP contribution in [0.4, 0.5) is 17.2 Å². The van der Waals surface area contributed by atoms with Crippen LogP contribution < -0.4 is 15.4 Å². The Kier molecular flexibility index (Phi) is 5.55. The van der Waals surface area contributed by atoms with Crippen LogP contribution in [0.25, 0.3) is 0 Å². The third-order valence-electron chi connectivity index (χ3n) is 3.43. The first kappa shape index (κ1) is 18.0. The quantitative estimate of drug-likeness (QED) is 0.656. The number of rotatable bonds is 5. The van der Waals surface area contributed by atoms with E-state index in [1.165, 1.54) is 19.5 Å². The summed E-state index contributed by atoms with van der Waals surface area (Å²) in [6, 6.07) is 12.2. The summed E-state index contributed by atoms with van der Waals surface area (Å²) in [7, 11) is 1.52. The van der Waals surface area contributed by atoms with Gasteiger partial charge in [-0.15, -0.1) is 0 Å². The summed E-state index contributed by atoms with van der Waals surface area (Å²) in [5.41, 5.74) is 1.40. The van der Waals surface area contributed by atoms with Gasteiger partial charge in [-0.2, -0.15) is 0 Å². The highest BCUT2D eigenvalue weighted by atomic mass is 35.5. The van der Waals surface area contributed by atoms with Crippen molar-refractivity contribution in [2.45, 2.75) is 0 Å². The number of carbonyl (C=O) groups excluding carboxylic acids is 1. The summed E-state index contributed by atoms with van der Waals surface area (Å²) >= 11 is 12.1. The topological polar surface area (TPSA) is 76.1 Å². The maximum Gasteiger partial charge on any atom is 0.275 e. The lowest BCUT2D eigenvalue weighted by atomic mass is 10.3. The van der Waals surface area contributed by atoms with Crippen LogP contribution in [0.1, 0.15) is 10.5 Å². The van der Waals surface area contributed by atoms with Crippen molar-refractivity contribution in [2.75, 3.05) is 17.7 Å². The van der Waals surface area contributed by atoms with Gasteiger partial charge < -0.3 is 15.4 Å². The third kappa shape index (κ3) is 4.22. The minimum Gasteiger partial charge on any atom is -0.495 e. The van der Waals surface area contributed by atoms with Gasteiger partial charge in [0, 0.05) is 5.69 Å². The van der Waals surface area contributed by atoms with Crippen molar-refractivity contribution < 1.29 is 9.53 Å². The van der Waals surface area contributed by atoms with E-state index in [1.807, 2.05) is 18.2 Å². The van der Waals surface area contributed by atoms with Crippen molar-refractivity contribution in [3.8, 4) is 5.75 Å². The third-order valence-corrected chi connectivity index (χ3v) is 4.06. The molecule has 26 heavy (non-hydrogen) atoms. The molecule has 0 unspecified atom stereocenters. The number of hydrogen-bond acceptors (Lipinski definition) is 5. The molecule has 0 spiro atoms. The van der Waals surface area contributed by atoms with Crippen LogP contribution >= 0.6 is 23.2 Å². The number of aromatic nitrogens is 2. The van der Waals surface area contributed by atoms with Crippen LogP contribution in [-0.2, 0) is 0 Å². The number of amides is 1. The highest BCUT2D eigenvalue weighted by Gasteiger charge is 2.10. The number of para-hydroxylation sites is 1. The van der Waals surface area contributed by atoms with Crippen molar-refractivity contribution in [2.24, 2.45) is 0 Å². The SMILES string of the molecule is COc1ccc(NC(=O)c2cnc(Nc3ccccc3Cl)cn2)cc1Cl. The van der Waals surface area contributed by atoms with E-state index in [0.29, 0.717) is 33.0 Å². The van der Waals surface area contributed by atoms with Gasteiger partial charge in [0.1, 0.15) is 17.3 Å². The molecule has 0 atom stereocenters. The van der Waals surface area contributed by atoms with Gasteiger partial charge in [-0.25, -0.2) is 9.97 Å². The Bertz CT molecular complexity index is 933. The lowest BCUT2D eigenvalue weighted by Gasteiger charge is -2.09. The molecule has 2 aromatic carbocycles. The molecular weight excluding hydrogens is 375 g/mol. The first-order valence-corrected chi connectivity index (χ1v) is 8.31. The van der Waals surface area contributed by atoms with Crippen LogP contribution in [0.3, 0.4) is 0 Å². The van der Waals surface area contributed by atoms with E-state index >= 15 is 0 Å². The summed E-state index contributed by atoms with van der Waals surface area (Å²) in [6.07, 6.45) is 2.83. The van der Waals surface area contributed by atoms with Gasteiger partial charge in [0.25, 0.3) is 5.91 Å². The second kappa shape index (κ2) is 8.03. The molecule has 0 aliphatic carbocycles. The summed E-state index contributed by atoms with van der Waals surface area (Å²) < 4.78 is 5.08. The minimum atomic E-state index is -0.400. The average molecular weight is 389 g/mol. The van der Waals surface area contributed by atoms with E-state index in [-0.39, 0.29) is 5.69 Å². The van der Waals surface area contributed by atoms with E-state index in [1.54, 1.807) is 24.3 Å². The van der Waals surface area contributed by atoms with Gasteiger partial charge >= 0.3 is 0 Å². The standard InChI is InChI=1S/C18H14Cl2N4O2/c1-26-16-7-6-11(8-13(16)20)23-18(25)15-9-22-17(10-21-15)24-14-5-3-2-4-12(14)19/h2-10H,1H3,(H,22,24)(H,23,25). The van der Waals surface area contributed by atoms with Gasteiger partial charge in [-0.3, -0.25) is 4.79 Å². The number of anilines is 3. The average Bonchev–Trinajstić information content (AvgIpc) is 2.64. The Morgan fingerprint density at radius 2 is 1.85 bits per heavy atom. The summed E-state index contributed by atoms with van der Waals surface area (Å²) in [5.74, 6) is 0.602. The summed E-state index contributed by atoms with van der Waals surface area (Å²) in [6.45, 7) is 0. The number of nitrogens with one attached hydrogen (secondary N) is 2. The molecule has 1 amide bonds. The maximum atomic E-state index is 12.3. The molecule has 8 heteroatoms. The molecule has 0 radical (unpaired) electrons. The van der Waals surface area contributed by atoms with Gasteiger partial charge in [0.2, 0.25) is 0 Å². The maximum absolute atomic E-state index is 12.3. The van der Waals surface area contributed by atoms with Crippen molar-refractivity contribution in [1.82, 2.24) is 9.97 Å². The van der Waals surface area contributed by atoms with Gasteiger partial charge in [-0.1, -0.05) is 35.3 Å². The zero-order valence-corrected chi connectivity index (χ0v) is 15.2. The minimum absolute atomic E-state index is 0.168. The van der Waals surface area contributed by atoms with Crippen LogP contribution in [0.15, 0.2) is 54.9 Å². The van der Waals surface area contributed by atoms with Crippen molar-refractivity contribution in [1.29, 1.82) is 0 Å². The van der Waals surface area contributed by atoms with Gasteiger partial charge in [-0.05, 0) is 30.3 Å². The fourth-order valence-electron chi connectivity index (χ4n) is 2.15. The molecule has 6 nitrogen and oxygen atoms in total. The summed E-state index contributed by atoms with van der Waals surface area (Å²) in [5, 5.41) is 6.71. The molecule has 0 bridgehead atoms.